The van der Waals surface area contributed by atoms with Crippen molar-refractivity contribution >= 4 is 0 Å². The van der Waals surface area contributed by atoms with E-state index >= 15 is 0 Å². The maximum Gasteiger partial charge on any atom is 0.180 e. The zero-order chi connectivity index (χ0) is 8.81. The molecule has 0 saturated carbocycles. The lowest BCUT2D eigenvalue weighted by atomic mass is 10.2. The molecule has 12 heavy (non-hydrogen) atoms. The largest absolute Gasteiger partial charge is 0.349 e. The fourth-order valence-electron chi connectivity index (χ4n) is 1.20. The summed E-state index contributed by atoms with van der Waals surface area (Å²) >= 11 is 0. The molecule has 1 aliphatic carbocycles. The van der Waals surface area contributed by atoms with E-state index < -0.39 is 0 Å². The van der Waals surface area contributed by atoms with Gasteiger partial charge in [-0.25, -0.2) is 0 Å². The van der Waals surface area contributed by atoms with E-state index in [1.165, 1.54) is 5.57 Å². The lowest BCUT2D eigenvalue weighted by molar-refractivity contribution is -0.111. The van der Waals surface area contributed by atoms with Crippen LogP contribution in [0.2, 0.25) is 0 Å². The van der Waals surface area contributed by atoms with E-state index in [1.54, 1.807) is 0 Å². The Morgan fingerprint density at radius 1 is 1.33 bits per heavy atom. The number of ether oxygens (including phenoxy) is 2. The third-order valence-corrected chi connectivity index (χ3v) is 1.74. The summed E-state index contributed by atoms with van der Waals surface area (Å²) in [5, 5.41) is 0. The second-order valence-corrected chi connectivity index (χ2v) is 2.62. The number of hydrogen-bond donors (Lipinski definition) is 0. The Bertz CT molecular complexity index is 176. The molecule has 0 heterocycles. The van der Waals surface area contributed by atoms with Crippen molar-refractivity contribution in [3.05, 3.63) is 23.8 Å². The minimum atomic E-state index is -0.130. The fourth-order valence-corrected chi connectivity index (χ4v) is 1.20. The van der Waals surface area contributed by atoms with Crippen LogP contribution in [-0.2, 0) is 9.47 Å². The standard InChI is InChI=1S/C10H16O2/c1-3-11-10(12-4-2)9-7-5-6-8-9/h5-7,10H,3-4,8H2,1-2H3. The van der Waals surface area contributed by atoms with Crippen molar-refractivity contribution in [1.29, 1.82) is 0 Å². The summed E-state index contributed by atoms with van der Waals surface area (Å²) in [5.74, 6) is 0. The van der Waals surface area contributed by atoms with Crippen LogP contribution >= 0.6 is 0 Å². The van der Waals surface area contributed by atoms with Gasteiger partial charge in [0.2, 0.25) is 0 Å². The molecule has 0 N–H and O–H groups in total. The molecule has 0 radical (unpaired) electrons. The fraction of sp³-hybridized carbons (Fsp3) is 0.600. The maximum atomic E-state index is 5.44. The third-order valence-electron chi connectivity index (χ3n) is 1.74. The first-order valence-electron chi connectivity index (χ1n) is 4.47. The molecule has 0 spiro atoms. The Morgan fingerprint density at radius 2 is 2.00 bits per heavy atom. The monoisotopic (exact) mass is 168 g/mol. The van der Waals surface area contributed by atoms with Gasteiger partial charge in [-0.3, -0.25) is 0 Å². The van der Waals surface area contributed by atoms with Gasteiger partial charge in [-0.15, -0.1) is 0 Å². The smallest absolute Gasteiger partial charge is 0.180 e. The Hall–Kier alpha value is -0.600. The summed E-state index contributed by atoms with van der Waals surface area (Å²) in [4.78, 5) is 0. The third kappa shape index (κ3) is 2.47. The van der Waals surface area contributed by atoms with Crippen molar-refractivity contribution in [2.24, 2.45) is 0 Å². The van der Waals surface area contributed by atoms with Gasteiger partial charge in [0, 0.05) is 13.2 Å². The van der Waals surface area contributed by atoms with Gasteiger partial charge >= 0.3 is 0 Å². The van der Waals surface area contributed by atoms with Gasteiger partial charge in [-0.1, -0.05) is 18.2 Å². The lowest BCUT2D eigenvalue weighted by Crippen LogP contribution is -2.19. The highest BCUT2D eigenvalue weighted by Gasteiger charge is 2.14. The van der Waals surface area contributed by atoms with Crippen LogP contribution in [0.15, 0.2) is 23.8 Å². The molecule has 0 atom stereocenters. The molecule has 1 rings (SSSR count). The van der Waals surface area contributed by atoms with Crippen LogP contribution < -0.4 is 0 Å². The maximum absolute atomic E-state index is 5.44. The van der Waals surface area contributed by atoms with Crippen molar-refractivity contribution in [2.75, 3.05) is 13.2 Å². The Labute approximate surface area is 73.9 Å². The van der Waals surface area contributed by atoms with Crippen LogP contribution in [0.5, 0.6) is 0 Å². The molecule has 0 saturated heterocycles. The van der Waals surface area contributed by atoms with Gasteiger partial charge in [0.25, 0.3) is 0 Å². The first-order chi connectivity index (χ1) is 5.88. The van der Waals surface area contributed by atoms with Crippen molar-refractivity contribution in [3.8, 4) is 0 Å². The van der Waals surface area contributed by atoms with Gasteiger partial charge in [0.1, 0.15) is 0 Å². The minimum absolute atomic E-state index is 0.130. The predicted octanol–water partition coefficient (Wildman–Crippen LogP) is 2.27. The summed E-state index contributed by atoms with van der Waals surface area (Å²) in [6.45, 7) is 5.36. The predicted molar refractivity (Wildman–Crippen MR) is 48.9 cm³/mol. The number of hydrogen-bond acceptors (Lipinski definition) is 2. The summed E-state index contributed by atoms with van der Waals surface area (Å²) in [5.41, 5.74) is 1.22. The van der Waals surface area contributed by atoms with E-state index in [9.17, 15) is 0 Å². The SMILES string of the molecule is CCOC(OCC)C1=CC=CC1. The van der Waals surface area contributed by atoms with Gasteiger partial charge in [-0.05, 0) is 25.8 Å². The molecular weight excluding hydrogens is 152 g/mol. The molecule has 0 amide bonds. The van der Waals surface area contributed by atoms with Gasteiger partial charge < -0.3 is 9.47 Å². The summed E-state index contributed by atoms with van der Waals surface area (Å²) in [7, 11) is 0. The molecule has 1 aliphatic rings. The molecule has 68 valence electrons. The van der Waals surface area contributed by atoms with Crippen LogP contribution in [0.4, 0.5) is 0 Å². The summed E-state index contributed by atoms with van der Waals surface area (Å²) in [6.07, 6.45) is 7.05. The van der Waals surface area contributed by atoms with E-state index in [1.807, 2.05) is 19.9 Å². The average Bonchev–Trinajstić information content (AvgIpc) is 2.56. The normalized spacial score (nSPS) is 15.8. The van der Waals surface area contributed by atoms with Crippen molar-refractivity contribution < 1.29 is 9.47 Å². The first kappa shape index (κ1) is 9.49. The van der Waals surface area contributed by atoms with E-state index in [0.717, 1.165) is 6.42 Å². The second kappa shape index (κ2) is 5.12. The zero-order valence-electron chi connectivity index (χ0n) is 7.75. The highest BCUT2D eigenvalue weighted by molar-refractivity contribution is 5.24. The Morgan fingerprint density at radius 3 is 2.42 bits per heavy atom. The molecule has 0 fully saturated rings. The molecule has 0 unspecified atom stereocenters. The molecule has 0 aromatic heterocycles. The summed E-state index contributed by atoms with van der Waals surface area (Å²) < 4.78 is 10.9. The molecule has 0 bridgehead atoms. The van der Waals surface area contributed by atoms with Crippen molar-refractivity contribution in [3.63, 3.8) is 0 Å². The van der Waals surface area contributed by atoms with Crippen LogP contribution in [0.3, 0.4) is 0 Å². The van der Waals surface area contributed by atoms with Crippen molar-refractivity contribution in [1.82, 2.24) is 0 Å². The first-order valence-corrected chi connectivity index (χ1v) is 4.47. The van der Waals surface area contributed by atoms with Crippen LogP contribution in [0, 0.1) is 0 Å². The van der Waals surface area contributed by atoms with Crippen LogP contribution in [0.1, 0.15) is 20.3 Å². The number of rotatable bonds is 5. The highest BCUT2D eigenvalue weighted by Crippen LogP contribution is 2.18. The number of allylic oxidation sites excluding steroid dienone is 3. The Kier molecular flexibility index (Phi) is 4.05. The summed E-state index contributed by atoms with van der Waals surface area (Å²) in [6, 6.07) is 0. The van der Waals surface area contributed by atoms with E-state index in [2.05, 4.69) is 12.2 Å². The van der Waals surface area contributed by atoms with E-state index in [0.29, 0.717) is 13.2 Å². The topological polar surface area (TPSA) is 18.5 Å². The molecule has 2 heteroatoms. The zero-order valence-corrected chi connectivity index (χ0v) is 7.75. The second-order valence-electron chi connectivity index (χ2n) is 2.62. The lowest BCUT2D eigenvalue weighted by Gasteiger charge is -2.17. The quantitative estimate of drug-likeness (QED) is 0.586. The van der Waals surface area contributed by atoms with Gasteiger partial charge in [0.05, 0.1) is 0 Å². The van der Waals surface area contributed by atoms with Crippen LogP contribution in [0.25, 0.3) is 0 Å². The average molecular weight is 168 g/mol. The van der Waals surface area contributed by atoms with E-state index in [4.69, 9.17) is 9.47 Å². The highest BCUT2D eigenvalue weighted by atomic mass is 16.7. The molecule has 0 aromatic carbocycles. The van der Waals surface area contributed by atoms with Crippen molar-refractivity contribution in [2.45, 2.75) is 26.6 Å². The minimum Gasteiger partial charge on any atom is -0.349 e. The molecule has 0 aliphatic heterocycles. The molecule has 0 aromatic rings. The van der Waals surface area contributed by atoms with Gasteiger partial charge in [-0.2, -0.15) is 0 Å². The Balaban J connectivity index is 2.41. The molecular formula is C10H16O2. The van der Waals surface area contributed by atoms with Crippen LogP contribution in [-0.4, -0.2) is 19.5 Å². The van der Waals surface area contributed by atoms with Gasteiger partial charge in [0.15, 0.2) is 6.29 Å². The molecule has 2 nitrogen and oxygen atoms in total. The van der Waals surface area contributed by atoms with E-state index in [-0.39, 0.29) is 6.29 Å².